The van der Waals surface area contributed by atoms with Crippen molar-refractivity contribution in [1.82, 2.24) is 10.0 Å². The van der Waals surface area contributed by atoms with Crippen LogP contribution >= 0.6 is 0 Å². The molecule has 6 nitrogen and oxygen atoms in total. The van der Waals surface area contributed by atoms with Gasteiger partial charge in [-0.1, -0.05) is 26.0 Å². The maximum atomic E-state index is 12.6. The molecule has 5 rings (SSSR count). The van der Waals surface area contributed by atoms with E-state index >= 15 is 0 Å². The molecule has 22 heavy (non-hydrogen) atoms. The maximum Gasteiger partial charge on any atom is 0.281 e. The molecule has 3 aliphatic heterocycles. The first-order valence-corrected chi connectivity index (χ1v) is 7.15. The lowest BCUT2D eigenvalue weighted by Crippen LogP contribution is -2.71. The fraction of sp³-hybridized carbons (Fsp3) is 0.375. The number of hydrogen-bond acceptors (Lipinski definition) is 4. The zero-order chi connectivity index (χ0) is 15.9. The molecule has 1 aromatic carbocycles. The second-order valence-corrected chi connectivity index (χ2v) is 6.86. The summed E-state index contributed by atoms with van der Waals surface area (Å²) in [6.45, 7) is 3.55. The summed E-state index contributed by atoms with van der Waals surface area (Å²) < 4.78 is 0. The zero-order valence-corrected chi connectivity index (χ0v) is 12.3. The highest BCUT2D eigenvalue weighted by Gasteiger charge is 2.67. The molecule has 4 aliphatic rings. The van der Waals surface area contributed by atoms with E-state index in [0.717, 1.165) is 5.01 Å². The third-order valence-electron chi connectivity index (χ3n) is 4.95. The summed E-state index contributed by atoms with van der Waals surface area (Å²) in [6, 6.07) is 6.35. The Balaban J connectivity index is 1.80. The molecule has 1 saturated carbocycles. The first-order chi connectivity index (χ1) is 10.3. The van der Waals surface area contributed by atoms with Crippen LogP contribution in [0.25, 0.3) is 0 Å². The number of amides is 4. The Hall–Kier alpha value is -2.50. The van der Waals surface area contributed by atoms with E-state index < -0.39 is 34.5 Å². The van der Waals surface area contributed by atoms with E-state index in [2.05, 4.69) is 0 Å². The Morgan fingerprint density at radius 1 is 0.773 bits per heavy atom. The number of nitrogens with zero attached hydrogens (tertiary/aromatic N) is 2. The van der Waals surface area contributed by atoms with Gasteiger partial charge in [-0.3, -0.25) is 19.2 Å². The van der Waals surface area contributed by atoms with Crippen LogP contribution < -0.4 is 0 Å². The van der Waals surface area contributed by atoms with Crippen LogP contribution in [0.4, 0.5) is 0 Å². The van der Waals surface area contributed by atoms with Gasteiger partial charge >= 0.3 is 0 Å². The highest BCUT2D eigenvalue weighted by atomic mass is 16.2. The van der Waals surface area contributed by atoms with E-state index in [-0.39, 0.29) is 11.1 Å². The van der Waals surface area contributed by atoms with Gasteiger partial charge < -0.3 is 0 Å². The lowest BCUT2D eigenvalue weighted by molar-refractivity contribution is -0.200. The average molecular weight is 298 g/mol. The number of hydrogen-bond donors (Lipinski definition) is 0. The van der Waals surface area contributed by atoms with Crippen LogP contribution in [0.3, 0.4) is 0 Å². The summed E-state index contributed by atoms with van der Waals surface area (Å²) in [4.78, 5) is 50.2. The maximum absolute atomic E-state index is 12.6. The minimum absolute atomic E-state index is 0.225. The first-order valence-electron chi connectivity index (χ1n) is 7.15. The molecule has 0 radical (unpaired) electrons. The van der Waals surface area contributed by atoms with Crippen molar-refractivity contribution in [3.05, 3.63) is 35.4 Å². The standard InChI is InChI=1S/C16H14N2O4/c1-15-7-16(2,8-15)14(22)18(13(15)21)17-11(19)9-5-3-4-6-10(9)12(17)20/h3-6H,7-8H2,1-2H3. The van der Waals surface area contributed by atoms with Gasteiger partial charge in [0.1, 0.15) is 0 Å². The highest BCUT2D eigenvalue weighted by Crippen LogP contribution is 2.60. The van der Waals surface area contributed by atoms with Crippen molar-refractivity contribution in [3.63, 3.8) is 0 Å². The Bertz CT molecular complexity index is 715. The van der Waals surface area contributed by atoms with Crippen LogP contribution in [0.2, 0.25) is 0 Å². The van der Waals surface area contributed by atoms with Crippen molar-refractivity contribution >= 4 is 23.6 Å². The fourth-order valence-electron chi connectivity index (χ4n) is 4.12. The number of fused-ring (bicyclic) bond motifs is 3. The van der Waals surface area contributed by atoms with Gasteiger partial charge in [0.15, 0.2) is 0 Å². The topological polar surface area (TPSA) is 74.8 Å². The van der Waals surface area contributed by atoms with E-state index in [1.807, 2.05) is 0 Å². The summed E-state index contributed by atoms with van der Waals surface area (Å²) >= 11 is 0. The molecule has 3 heterocycles. The first kappa shape index (κ1) is 13.2. The molecular formula is C16H14N2O4. The molecule has 3 fully saturated rings. The van der Waals surface area contributed by atoms with Crippen molar-refractivity contribution in [1.29, 1.82) is 0 Å². The summed E-state index contributed by atoms with van der Waals surface area (Å²) in [5.41, 5.74) is -0.888. The van der Waals surface area contributed by atoms with Crippen LogP contribution in [0.1, 0.15) is 47.4 Å². The molecular weight excluding hydrogens is 284 g/mol. The van der Waals surface area contributed by atoms with E-state index in [1.165, 1.54) is 12.1 Å². The third kappa shape index (κ3) is 1.30. The number of rotatable bonds is 1. The summed E-state index contributed by atoms with van der Waals surface area (Å²) in [5, 5.41) is 1.49. The van der Waals surface area contributed by atoms with Crippen LogP contribution in [-0.2, 0) is 9.59 Å². The zero-order valence-electron chi connectivity index (χ0n) is 12.3. The Kier molecular flexibility index (Phi) is 2.18. The van der Waals surface area contributed by atoms with Crippen molar-refractivity contribution in [3.8, 4) is 0 Å². The van der Waals surface area contributed by atoms with Gasteiger partial charge in [0.05, 0.1) is 22.0 Å². The van der Waals surface area contributed by atoms with Crippen LogP contribution in [0.15, 0.2) is 24.3 Å². The van der Waals surface area contributed by atoms with Gasteiger partial charge in [-0.05, 0) is 25.0 Å². The van der Waals surface area contributed by atoms with Gasteiger partial charge in [0.2, 0.25) is 0 Å². The van der Waals surface area contributed by atoms with E-state index in [9.17, 15) is 19.2 Å². The molecule has 0 spiro atoms. The fourth-order valence-corrected chi connectivity index (χ4v) is 4.12. The number of carbonyl (C=O) groups excluding carboxylic acids is 4. The number of piperidine rings is 2. The van der Waals surface area contributed by atoms with Crippen molar-refractivity contribution in [2.24, 2.45) is 10.8 Å². The molecule has 6 heteroatoms. The Labute approximate surface area is 126 Å². The minimum atomic E-state index is -0.669. The molecule has 1 aliphatic carbocycles. The average Bonchev–Trinajstić information content (AvgIpc) is 2.70. The van der Waals surface area contributed by atoms with E-state index in [1.54, 1.807) is 26.0 Å². The molecule has 2 bridgehead atoms. The smallest absolute Gasteiger partial charge is 0.272 e. The lowest BCUT2D eigenvalue weighted by atomic mass is 9.51. The van der Waals surface area contributed by atoms with Gasteiger partial charge in [-0.25, -0.2) is 0 Å². The molecule has 112 valence electrons. The number of imide groups is 2. The Morgan fingerprint density at radius 2 is 1.18 bits per heavy atom. The molecule has 0 unspecified atom stereocenters. The monoisotopic (exact) mass is 298 g/mol. The molecule has 1 aromatic rings. The van der Waals surface area contributed by atoms with Crippen molar-refractivity contribution in [2.45, 2.75) is 26.7 Å². The molecule has 0 aromatic heterocycles. The predicted molar refractivity (Wildman–Crippen MR) is 74.2 cm³/mol. The van der Waals surface area contributed by atoms with E-state index in [0.29, 0.717) is 17.9 Å². The lowest BCUT2D eigenvalue weighted by Gasteiger charge is -2.58. The highest BCUT2D eigenvalue weighted by molar-refractivity contribution is 6.24. The van der Waals surface area contributed by atoms with Crippen molar-refractivity contribution < 1.29 is 19.2 Å². The quantitative estimate of drug-likeness (QED) is 0.734. The molecule has 4 amide bonds. The van der Waals surface area contributed by atoms with Crippen LogP contribution in [0.5, 0.6) is 0 Å². The predicted octanol–water partition coefficient (Wildman–Crippen LogP) is 1.37. The Morgan fingerprint density at radius 3 is 1.59 bits per heavy atom. The third-order valence-corrected chi connectivity index (χ3v) is 4.95. The normalized spacial score (nSPS) is 33.2. The van der Waals surface area contributed by atoms with Crippen LogP contribution in [-0.4, -0.2) is 33.6 Å². The van der Waals surface area contributed by atoms with Crippen molar-refractivity contribution in [2.75, 3.05) is 0 Å². The van der Waals surface area contributed by atoms with Gasteiger partial charge in [-0.2, -0.15) is 10.0 Å². The minimum Gasteiger partial charge on any atom is -0.272 e. The second-order valence-electron chi connectivity index (χ2n) is 6.86. The van der Waals surface area contributed by atoms with Crippen LogP contribution in [0, 0.1) is 10.8 Å². The largest absolute Gasteiger partial charge is 0.281 e. The van der Waals surface area contributed by atoms with Gasteiger partial charge in [0, 0.05) is 0 Å². The van der Waals surface area contributed by atoms with Gasteiger partial charge in [0.25, 0.3) is 23.6 Å². The molecule has 0 atom stereocenters. The number of hydrazine groups is 1. The molecule has 2 saturated heterocycles. The van der Waals surface area contributed by atoms with Gasteiger partial charge in [-0.15, -0.1) is 0 Å². The second kappa shape index (κ2) is 3.63. The number of benzene rings is 1. The summed E-state index contributed by atoms with van der Waals surface area (Å²) in [5.74, 6) is -2.15. The summed E-state index contributed by atoms with van der Waals surface area (Å²) in [7, 11) is 0. The van der Waals surface area contributed by atoms with E-state index in [4.69, 9.17) is 0 Å². The SMILES string of the molecule is CC12CC(C)(C1)C(=O)N(N1C(=O)c3ccccc3C1=O)C2=O. The number of carbonyl (C=O) groups is 4. The summed E-state index contributed by atoms with van der Waals surface area (Å²) in [6.07, 6.45) is 0.939. The molecule has 0 N–H and O–H groups in total.